The molecule has 0 aliphatic carbocycles. The first-order valence-corrected chi connectivity index (χ1v) is 7.76. The highest BCUT2D eigenvalue weighted by Crippen LogP contribution is 2.12. The molecule has 0 aliphatic rings. The number of carbonyl (C=O) groups is 2. The Hall–Kier alpha value is -1.50. The van der Waals surface area contributed by atoms with Gasteiger partial charge in [-0.1, -0.05) is 0 Å². The summed E-state index contributed by atoms with van der Waals surface area (Å²) < 4.78 is 1.72. The van der Waals surface area contributed by atoms with Crippen molar-refractivity contribution >= 4 is 23.6 Å². The van der Waals surface area contributed by atoms with E-state index in [-0.39, 0.29) is 12.3 Å². The zero-order valence-corrected chi connectivity index (χ0v) is 13.1. The normalized spacial score (nSPS) is 12.2. The van der Waals surface area contributed by atoms with E-state index >= 15 is 0 Å². The van der Waals surface area contributed by atoms with E-state index in [0.717, 1.165) is 17.0 Å². The second-order valence-corrected chi connectivity index (χ2v) is 5.68. The lowest BCUT2D eigenvalue weighted by Crippen LogP contribution is -2.42. The van der Waals surface area contributed by atoms with Crippen molar-refractivity contribution in [1.82, 2.24) is 15.1 Å². The lowest BCUT2D eigenvalue weighted by molar-refractivity contribution is -0.141. The van der Waals surface area contributed by atoms with Crippen LogP contribution >= 0.6 is 11.8 Å². The third-order valence-corrected chi connectivity index (χ3v) is 3.88. The van der Waals surface area contributed by atoms with Crippen molar-refractivity contribution in [1.29, 1.82) is 0 Å². The maximum atomic E-state index is 12.0. The van der Waals surface area contributed by atoms with Gasteiger partial charge in [0, 0.05) is 18.3 Å². The minimum atomic E-state index is -0.993. The largest absolute Gasteiger partial charge is 0.480 e. The summed E-state index contributed by atoms with van der Waals surface area (Å²) in [5, 5.41) is 15.9. The highest BCUT2D eigenvalue weighted by Gasteiger charge is 2.21. The van der Waals surface area contributed by atoms with Crippen LogP contribution in [-0.2, 0) is 23.1 Å². The van der Waals surface area contributed by atoms with Gasteiger partial charge in [-0.25, -0.2) is 4.79 Å². The van der Waals surface area contributed by atoms with Crippen LogP contribution in [0, 0.1) is 13.8 Å². The molecule has 1 heterocycles. The van der Waals surface area contributed by atoms with E-state index < -0.39 is 12.0 Å². The fraction of sp³-hybridized carbons (Fsp3) is 0.615. The number of aryl methyl sites for hydroxylation is 2. The van der Waals surface area contributed by atoms with Gasteiger partial charge in [-0.2, -0.15) is 16.9 Å². The number of aromatic nitrogens is 2. The quantitative estimate of drug-likeness (QED) is 0.781. The Bertz CT molecular complexity index is 499. The summed E-state index contributed by atoms with van der Waals surface area (Å²) in [4.78, 5) is 23.1. The Labute approximate surface area is 122 Å². The molecule has 6 nitrogen and oxygen atoms in total. The molecule has 0 saturated carbocycles. The van der Waals surface area contributed by atoms with Gasteiger partial charge in [0.05, 0.1) is 12.1 Å². The van der Waals surface area contributed by atoms with E-state index in [4.69, 9.17) is 5.11 Å². The van der Waals surface area contributed by atoms with Gasteiger partial charge >= 0.3 is 5.97 Å². The summed E-state index contributed by atoms with van der Waals surface area (Å²) in [6, 6.07) is -0.827. The molecule has 1 atom stereocenters. The van der Waals surface area contributed by atoms with E-state index in [9.17, 15) is 9.59 Å². The van der Waals surface area contributed by atoms with Gasteiger partial charge in [-0.05, 0) is 32.3 Å². The number of aliphatic carboxylic acids is 1. The topological polar surface area (TPSA) is 84.2 Å². The van der Waals surface area contributed by atoms with Crippen molar-refractivity contribution in [2.45, 2.75) is 32.7 Å². The first kappa shape index (κ1) is 16.6. The van der Waals surface area contributed by atoms with Gasteiger partial charge in [0.1, 0.15) is 6.04 Å². The van der Waals surface area contributed by atoms with Crippen molar-refractivity contribution in [3.05, 3.63) is 17.0 Å². The minimum absolute atomic E-state index is 0.161. The van der Waals surface area contributed by atoms with Gasteiger partial charge in [-0.3, -0.25) is 9.48 Å². The second-order valence-electron chi connectivity index (χ2n) is 4.69. The zero-order chi connectivity index (χ0) is 15.3. The molecule has 0 radical (unpaired) electrons. The molecule has 1 aromatic heterocycles. The molecule has 0 bridgehead atoms. The molecule has 0 aromatic carbocycles. The molecule has 0 spiro atoms. The summed E-state index contributed by atoms with van der Waals surface area (Å²) in [5.41, 5.74) is 2.59. The van der Waals surface area contributed by atoms with Crippen LogP contribution in [-0.4, -0.2) is 44.8 Å². The molecule has 0 aliphatic heterocycles. The van der Waals surface area contributed by atoms with E-state index in [1.165, 1.54) is 0 Å². The van der Waals surface area contributed by atoms with Crippen LogP contribution in [0.25, 0.3) is 0 Å². The number of amides is 1. The highest BCUT2D eigenvalue weighted by molar-refractivity contribution is 7.98. The molecule has 1 rings (SSSR count). The third-order valence-electron chi connectivity index (χ3n) is 3.24. The van der Waals surface area contributed by atoms with Crippen LogP contribution in [0.15, 0.2) is 0 Å². The summed E-state index contributed by atoms with van der Waals surface area (Å²) in [6.45, 7) is 3.74. The number of carboxylic acids is 1. The summed E-state index contributed by atoms with van der Waals surface area (Å²) in [6.07, 6.45) is 2.49. The predicted molar refractivity (Wildman–Crippen MR) is 79.0 cm³/mol. The Balaban J connectivity index is 2.68. The Morgan fingerprint density at radius 1 is 1.45 bits per heavy atom. The van der Waals surface area contributed by atoms with Crippen LogP contribution in [0.5, 0.6) is 0 Å². The molecular weight excluding hydrogens is 278 g/mol. The molecule has 2 N–H and O–H groups in total. The van der Waals surface area contributed by atoms with Crippen LogP contribution in [0.4, 0.5) is 0 Å². The van der Waals surface area contributed by atoms with Crippen molar-refractivity contribution in [2.75, 3.05) is 12.0 Å². The lowest BCUT2D eigenvalue weighted by atomic mass is 10.1. The monoisotopic (exact) mass is 299 g/mol. The number of carbonyl (C=O) groups excluding carboxylic acids is 1. The van der Waals surface area contributed by atoms with Crippen molar-refractivity contribution in [3.8, 4) is 0 Å². The van der Waals surface area contributed by atoms with Gasteiger partial charge in [0.2, 0.25) is 5.91 Å². The smallest absolute Gasteiger partial charge is 0.326 e. The number of nitrogens with one attached hydrogen (secondary N) is 1. The second kappa shape index (κ2) is 7.33. The molecular formula is C13H21N3O3S. The first-order valence-electron chi connectivity index (χ1n) is 6.37. The van der Waals surface area contributed by atoms with E-state index in [0.29, 0.717) is 12.2 Å². The maximum absolute atomic E-state index is 12.0. The van der Waals surface area contributed by atoms with Crippen molar-refractivity contribution < 1.29 is 14.7 Å². The van der Waals surface area contributed by atoms with Crippen LogP contribution in [0.1, 0.15) is 23.4 Å². The zero-order valence-electron chi connectivity index (χ0n) is 12.3. The summed E-state index contributed by atoms with van der Waals surface area (Å²) >= 11 is 1.56. The number of rotatable bonds is 7. The molecule has 0 saturated heterocycles. The average molecular weight is 299 g/mol. The first-order chi connectivity index (χ1) is 9.36. The Kier molecular flexibility index (Phi) is 6.06. The van der Waals surface area contributed by atoms with E-state index in [2.05, 4.69) is 10.4 Å². The number of hydrogen-bond donors (Lipinski definition) is 2. The van der Waals surface area contributed by atoms with Gasteiger partial charge in [-0.15, -0.1) is 0 Å². The average Bonchev–Trinajstić information content (AvgIpc) is 2.61. The van der Waals surface area contributed by atoms with Crippen LogP contribution in [0.3, 0.4) is 0 Å². The van der Waals surface area contributed by atoms with E-state index in [1.807, 2.05) is 27.2 Å². The summed E-state index contributed by atoms with van der Waals surface area (Å²) in [7, 11) is 1.82. The van der Waals surface area contributed by atoms with Gasteiger partial charge in [0.15, 0.2) is 0 Å². The van der Waals surface area contributed by atoms with Crippen LogP contribution in [0.2, 0.25) is 0 Å². The molecule has 7 heteroatoms. The van der Waals surface area contributed by atoms with Gasteiger partial charge in [0.25, 0.3) is 0 Å². The number of nitrogens with zero attached hydrogens (tertiary/aromatic N) is 2. The minimum Gasteiger partial charge on any atom is -0.480 e. The summed E-state index contributed by atoms with van der Waals surface area (Å²) in [5.74, 6) is -0.577. The third kappa shape index (κ3) is 4.26. The predicted octanol–water partition coefficient (Wildman–Crippen LogP) is 0.902. The SMILES string of the molecule is CSCCC(NC(=O)Cc1c(C)nn(C)c1C)C(=O)O. The number of thioether (sulfide) groups is 1. The highest BCUT2D eigenvalue weighted by atomic mass is 32.2. The fourth-order valence-electron chi connectivity index (χ4n) is 1.97. The fourth-order valence-corrected chi connectivity index (χ4v) is 2.44. The van der Waals surface area contributed by atoms with Crippen molar-refractivity contribution in [2.24, 2.45) is 7.05 Å². The van der Waals surface area contributed by atoms with E-state index in [1.54, 1.807) is 16.4 Å². The molecule has 112 valence electrons. The Morgan fingerprint density at radius 2 is 2.10 bits per heavy atom. The maximum Gasteiger partial charge on any atom is 0.326 e. The Morgan fingerprint density at radius 3 is 2.55 bits per heavy atom. The molecule has 20 heavy (non-hydrogen) atoms. The number of hydrogen-bond acceptors (Lipinski definition) is 4. The van der Waals surface area contributed by atoms with Gasteiger partial charge < -0.3 is 10.4 Å². The molecule has 1 amide bonds. The molecule has 0 fully saturated rings. The molecule has 1 aromatic rings. The lowest BCUT2D eigenvalue weighted by Gasteiger charge is -2.14. The standard InChI is InChI=1S/C13H21N3O3S/c1-8-10(9(2)16(3)15-8)7-12(17)14-11(13(18)19)5-6-20-4/h11H,5-7H2,1-4H3,(H,14,17)(H,18,19). The van der Waals surface area contributed by atoms with Crippen molar-refractivity contribution in [3.63, 3.8) is 0 Å². The van der Waals surface area contributed by atoms with Crippen LogP contribution < -0.4 is 5.32 Å². The number of carboxylic acid groups (broad SMARTS) is 1. The molecule has 1 unspecified atom stereocenters.